The van der Waals surface area contributed by atoms with E-state index in [-0.39, 0.29) is 11.0 Å². The quantitative estimate of drug-likeness (QED) is 0.587. The molecule has 0 saturated heterocycles. The van der Waals surface area contributed by atoms with Crippen LogP contribution in [-0.2, 0) is 9.53 Å². The number of hydrogen-bond donors (Lipinski definition) is 3. The summed E-state index contributed by atoms with van der Waals surface area (Å²) < 4.78 is 4.41. The highest BCUT2D eigenvalue weighted by atomic mass is 32.1. The van der Waals surface area contributed by atoms with Crippen molar-refractivity contribution in [1.82, 2.24) is 16.2 Å². The van der Waals surface area contributed by atoms with Crippen LogP contribution in [0.3, 0.4) is 0 Å². The Labute approximate surface area is 145 Å². The van der Waals surface area contributed by atoms with Gasteiger partial charge in [-0.2, -0.15) is 0 Å². The summed E-state index contributed by atoms with van der Waals surface area (Å²) in [5, 5.41) is 2.54. The third-order valence-electron chi connectivity index (χ3n) is 3.23. The first-order chi connectivity index (χ1) is 11.6. The highest BCUT2D eigenvalue weighted by Gasteiger charge is 2.23. The number of carbonyl (C=O) groups is 2. The van der Waals surface area contributed by atoms with Crippen molar-refractivity contribution in [2.75, 3.05) is 7.11 Å². The standard InChI is InChI=1S/C17H17N3O3S/c1-23-17(22)20-19-16(24)18-15(21)14(12-8-4-2-5-9-12)13-10-6-3-7-11-13/h2-11,14H,1H3,(H,20,22)(H2,18,19,21,24). The van der Waals surface area contributed by atoms with Gasteiger partial charge in [0.05, 0.1) is 13.0 Å². The van der Waals surface area contributed by atoms with Gasteiger partial charge < -0.3 is 10.1 Å². The molecular weight excluding hydrogens is 326 g/mol. The Bertz CT molecular complexity index is 668. The zero-order valence-corrected chi connectivity index (χ0v) is 13.8. The van der Waals surface area contributed by atoms with Crippen molar-refractivity contribution < 1.29 is 14.3 Å². The summed E-state index contributed by atoms with van der Waals surface area (Å²) in [6.45, 7) is 0. The van der Waals surface area contributed by atoms with Crippen molar-refractivity contribution in [2.24, 2.45) is 0 Å². The van der Waals surface area contributed by atoms with Crippen LogP contribution in [0.5, 0.6) is 0 Å². The molecule has 3 N–H and O–H groups in total. The summed E-state index contributed by atoms with van der Waals surface area (Å²) >= 11 is 5.00. The molecule has 0 aliphatic rings. The lowest BCUT2D eigenvalue weighted by molar-refractivity contribution is -0.120. The number of methoxy groups -OCH3 is 1. The average molecular weight is 343 g/mol. The molecule has 0 unspecified atom stereocenters. The molecule has 0 spiro atoms. The van der Waals surface area contributed by atoms with Crippen molar-refractivity contribution in [3.05, 3.63) is 71.8 Å². The smallest absolute Gasteiger partial charge is 0.425 e. The van der Waals surface area contributed by atoms with E-state index in [0.717, 1.165) is 11.1 Å². The Hall–Kier alpha value is -2.93. The fraction of sp³-hybridized carbons (Fsp3) is 0.118. The molecule has 0 atom stereocenters. The van der Waals surface area contributed by atoms with Gasteiger partial charge in [0.1, 0.15) is 0 Å². The molecule has 2 aromatic rings. The molecule has 0 fully saturated rings. The molecule has 0 aliphatic heterocycles. The number of thiocarbonyl (C=S) groups is 1. The predicted molar refractivity (Wildman–Crippen MR) is 94.1 cm³/mol. The number of amides is 2. The molecule has 24 heavy (non-hydrogen) atoms. The highest BCUT2D eigenvalue weighted by Crippen LogP contribution is 2.24. The number of ether oxygens (including phenoxy) is 1. The molecule has 0 heterocycles. The molecule has 0 aliphatic carbocycles. The minimum atomic E-state index is -0.714. The van der Waals surface area contributed by atoms with Crippen molar-refractivity contribution in [3.8, 4) is 0 Å². The normalized spacial score (nSPS) is 9.92. The zero-order valence-electron chi connectivity index (χ0n) is 13.0. The first kappa shape index (κ1) is 17.4. The first-order valence-electron chi connectivity index (χ1n) is 7.16. The summed E-state index contributed by atoms with van der Waals surface area (Å²) in [6.07, 6.45) is -0.714. The Balaban J connectivity index is 2.14. The highest BCUT2D eigenvalue weighted by molar-refractivity contribution is 7.80. The van der Waals surface area contributed by atoms with Crippen LogP contribution >= 0.6 is 12.2 Å². The molecule has 0 radical (unpaired) electrons. The Morgan fingerprint density at radius 2 is 1.42 bits per heavy atom. The van der Waals surface area contributed by atoms with Crippen LogP contribution in [0.2, 0.25) is 0 Å². The van der Waals surface area contributed by atoms with Gasteiger partial charge in [-0.3, -0.25) is 10.2 Å². The van der Waals surface area contributed by atoms with Gasteiger partial charge in [-0.05, 0) is 23.3 Å². The van der Waals surface area contributed by atoms with Crippen LogP contribution in [0.4, 0.5) is 4.79 Å². The van der Waals surface area contributed by atoms with Gasteiger partial charge in [0.2, 0.25) is 5.91 Å². The lowest BCUT2D eigenvalue weighted by Crippen LogP contribution is -2.49. The summed E-state index contributed by atoms with van der Waals surface area (Å²) in [5.41, 5.74) is 6.26. The summed E-state index contributed by atoms with van der Waals surface area (Å²) in [6, 6.07) is 18.7. The number of hydrazine groups is 1. The zero-order chi connectivity index (χ0) is 17.4. The number of benzene rings is 2. The van der Waals surface area contributed by atoms with Crippen LogP contribution in [-0.4, -0.2) is 24.2 Å². The molecular formula is C17H17N3O3S. The van der Waals surface area contributed by atoms with Gasteiger partial charge in [0, 0.05) is 0 Å². The molecule has 0 aromatic heterocycles. The van der Waals surface area contributed by atoms with E-state index in [1.807, 2.05) is 60.7 Å². The second kappa shape index (κ2) is 8.64. The molecule has 2 rings (SSSR count). The third-order valence-corrected chi connectivity index (χ3v) is 3.43. The Kier molecular flexibility index (Phi) is 6.27. The lowest BCUT2D eigenvalue weighted by atomic mass is 9.90. The van der Waals surface area contributed by atoms with Crippen LogP contribution in [0.25, 0.3) is 0 Å². The third kappa shape index (κ3) is 4.79. The molecule has 6 nitrogen and oxygen atoms in total. The van der Waals surface area contributed by atoms with E-state index in [0.29, 0.717) is 0 Å². The van der Waals surface area contributed by atoms with Gasteiger partial charge in [-0.25, -0.2) is 10.2 Å². The largest absolute Gasteiger partial charge is 0.452 e. The maximum Gasteiger partial charge on any atom is 0.425 e. The first-order valence-corrected chi connectivity index (χ1v) is 7.57. The number of nitrogens with one attached hydrogen (secondary N) is 3. The van der Waals surface area contributed by atoms with Crippen LogP contribution < -0.4 is 16.2 Å². The second-order valence-corrected chi connectivity index (χ2v) is 5.22. The summed E-state index contributed by atoms with van der Waals surface area (Å²) in [7, 11) is 1.22. The van der Waals surface area contributed by atoms with Crippen molar-refractivity contribution in [1.29, 1.82) is 0 Å². The average Bonchev–Trinajstić information content (AvgIpc) is 2.61. The van der Waals surface area contributed by atoms with E-state index < -0.39 is 12.0 Å². The predicted octanol–water partition coefficient (Wildman–Crippen LogP) is 2.08. The van der Waals surface area contributed by atoms with Gasteiger partial charge >= 0.3 is 6.09 Å². The van der Waals surface area contributed by atoms with E-state index in [1.54, 1.807) is 0 Å². The number of hydrogen-bond acceptors (Lipinski definition) is 4. The molecule has 124 valence electrons. The van der Waals surface area contributed by atoms with Crippen LogP contribution in [0, 0.1) is 0 Å². The lowest BCUT2D eigenvalue weighted by Gasteiger charge is -2.18. The monoisotopic (exact) mass is 343 g/mol. The maximum atomic E-state index is 12.7. The number of carbonyl (C=O) groups excluding carboxylic acids is 2. The minimum absolute atomic E-state index is 0.0257. The number of rotatable bonds is 3. The topological polar surface area (TPSA) is 79.5 Å². The van der Waals surface area contributed by atoms with Crippen molar-refractivity contribution in [3.63, 3.8) is 0 Å². The van der Waals surface area contributed by atoms with E-state index in [4.69, 9.17) is 12.2 Å². The fourth-order valence-corrected chi connectivity index (χ4v) is 2.31. The molecule has 7 heteroatoms. The van der Waals surface area contributed by atoms with Crippen LogP contribution in [0.1, 0.15) is 17.0 Å². The Morgan fingerprint density at radius 3 is 1.88 bits per heavy atom. The van der Waals surface area contributed by atoms with Gasteiger partial charge in [0.25, 0.3) is 0 Å². The molecule has 0 saturated carbocycles. The molecule has 2 aromatic carbocycles. The van der Waals surface area contributed by atoms with Gasteiger partial charge in [-0.1, -0.05) is 60.7 Å². The van der Waals surface area contributed by atoms with E-state index in [9.17, 15) is 9.59 Å². The van der Waals surface area contributed by atoms with E-state index >= 15 is 0 Å². The minimum Gasteiger partial charge on any atom is -0.452 e. The van der Waals surface area contributed by atoms with Crippen LogP contribution in [0.15, 0.2) is 60.7 Å². The van der Waals surface area contributed by atoms with Crippen molar-refractivity contribution in [2.45, 2.75) is 5.92 Å². The SMILES string of the molecule is COC(=O)NNC(=S)NC(=O)C(c1ccccc1)c1ccccc1. The summed E-state index contributed by atoms with van der Waals surface area (Å²) in [5.74, 6) is -0.832. The maximum absolute atomic E-state index is 12.7. The molecule has 2 amide bonds. The van der Waals surface area contributed by atoms with E-state index in [1.165, 1.54) is 7.11 Å². The molecule has 0 bridgehead atoms. The van der Waals surface area contributed by atoms with Gasteiger partial charge in [0.15, 0.2) is 5.11 Å². The van der Waals surface area contributed by atoms with Gasteiger partial charge in [-0.15, -0.1) is 0 Å². The van der Waals surface area contributed by atoms with Crippen molar-refractivity contribution >= 4 is 29.3 Å². The Morgan fingerprint density at radius 1 is 0.917 bits per heavy atom. The second-order valence-electron chi connectivity index (χ2n) is 4.81. The van der Waals surface area contributed by atoms with E-state index in [2.05, 4.69) is 20.9 Å². The fourth-order valence-electron chi connectivity index (χ4n) is 2.16. The summed E-state index contributed by atoms with van der Waals surface area (Å²) in [4.78, 5) is 23.7.